The Morgan fingerprint density at radius 2 is 0.973 bits per heavy atom. The summed E-state index contributed by atoms with van der Waals surface area (Å²) in [6, 6.07) is 25.9. The van der Waals surface area contributed by atoms with Crippen LogP contribution >= 0.6 is 0 Å². The third kappa shape index (κ3) is 4.01. The molecule has 0 aliphatic heterocycles. The van der Waals surface area contributed by atoms with Crippen LogP contribution in [0.1, 0.15) is 44.5 Å². The van der Waals surface area contributed by atoms with Crippen molar-refractivity contribution in [3.8, 4) is 22.6 Å². The number of benzene rings is 4. The van der Waals surface area contributed by atoms with E-state index in [2.05, 4.69) is 82.6 Å². The summed E-state index contributed by atoms with van der Waals surface area (Å²) >= 11 is 0. The standard InChI is InChI=1S/C33H36N2O2/c1-21-15-25(17-23(31(21)36)19-34(3)4)33(26-16-22(2)32(37)24(18-26)20-35(5)6)29-13-9-7-11-27(29)28-12-8-10-14-30(28)33/h7-18,36-37H,19-20H2,1-6H3. The van der Waals surface area contributed by atoms with Crippen molar-refractivity contribution in [1.82, 2.24) is 9.80 Å². The first-order chi connectivity index (χ1) is 17.6. The van der Waals surface area contributed by atoms with Gasteiger partial charge in [0.05, 0.1) is 5.41 Å². The fourth-order valence-corrected chi connectivity index (χ4v) is 6.08. The minimum atomic E-state index is -0.591. The Labute approximate surface area is 220 Å². The van der Waals surface area contributed by atoms with Gasteiger partial charge >= 0.3 is 0 Å². The Hall–Kier alpha value is -3.60. The van der Waals surface area contributed by atoms with Crippen LogP contribution in [0.5, 0.6) is 11.5 Å². The summed E-state index contributed by atoms with van der Waals surface area (Å²) in [4.78, 5) is 4.17. The van der Waals surface area contributed by atoms with Gasteiger partial charge in [-0.15, -0.1) is 0 Å². The lowest BCUT2D eigenvalue weighted by molar-refractivity contribution is 0.383. The second-order valence-electron chi connectivity index (χ2n) is 10.9. The second-order valence-corrected chi connectivity index (χ2v) is 10.9. The van der Waals surface area contributed by atoms with Gasteiger partial charge in [0.15, 0.2) is 0 Å². The summed E-state index contributed by atoms with van der Waals surface area (Å²) in [7, 11) is 8.09. The molecule has 0 heterocycles. The van der Waals surface area contributed by atoms with Gasteiger partial charge in [-0.1, -0.05) is 60.7 Å². The molecule has 4 nitrogen and oxygen atoms in total. The van der Waals surface area contributed by atoms with Gasteiger partial charge < -0.3 is 20.0 Å². The fraction of sp³-hybridized carbons (Fsp3) is 0.273. The summed E-state index contributed by atoms with van der Waals surface area (Å²) in [6.07, 6.45) is 0. The van der Waals surface area contributed by atoms with Crippen molar-refractivity contribution in [2.75, 3.05) is 28.2 Å². The molecule has 0 aromatic heterocycles. The molecule has 2 N–H and O–H groups in total. The maximum Gasteiger partial charge on any atom is 0.122 e. The van der Waals surface area contributed by atoms with E-state index < -0.39 is 5.41 Å². The zero-order valence-electron chi connectivity index (χ0n) is 22.6. The predicted molar refractivity (Wildman–Crippen MR) is 151 cm³/mol. The van der Waals surface area contributed by atoms with Crippen molar-refractivity contribution >= 4 is 0 Å². The van der Waals surface area contributed by atoms with Crippen LogP contribution in [0.4, 0.5) is 0 Å². The molecule has 0 spiro atoms. The molecule has 4 heteroatoms. The largest absolute Gasteiger partial charge is 0.507 e. The van der Waals surface area contributed by atoms with Crippen molar-refractivity contribution in [2.24, 2.45) is 0 Å². The summed E-state index contributed by atoms with van der Waals surface area (Å²) < 4.78 is 0. The Morgan fingerprint density at radius 1 is 0.595 bits per heavy atom. The molecule has 37 heavy (non-hydrogen) atoms. The van der Waals surface area contributed by atoms with E-state index >= 15 is 0 Å². The van der Waals surface area contributed by atoms with Crippen LogP contribution in [-0.2, 0) is 18.5 Å². The van der Waals surface area contributed by atoms with Gasteiger partial charge in [-0.3, -0.25) is 0 Å². The molecule has 4 aromatic carbocycles. The number of fused-ring (bicyclic) bond motifs is 3. The number of hydrogen-bond donors (Lipinski definition) is 2. The van der Waals surface area contributed by atoms with Crippen LogP contribution in [0.3, 0.4) is 0 Å². The van der Waals surface area contributed by atoms with E-state index in [9.17, 15) is 10.2 Å². The van der Waals surface area contributed by atoms with Crippen molar-refractivity contribution in [3.05, 3.63) is 117 Å². The minimum absolute atomic E-state index is 0.349. The minimum Gasteiger partial charge on any atom is -0.507 e. The van der Waals surface area contributed by atoms with Gasteiger partial charge in [0.1, 0.15) is 11.5 Å². The predicted octanol–water partition coefficient (Wildman–Crippen LogP) is 6.20. The molecule has 0 saturated heterocycles. The highest BCUT2D eigenvalue weighted by Crippen LogP contribution is 2.57. The topological polar surface area (TPSA) is 46.9 Å². The van der Waals surface area contributed by atoms with Crippen LogP contribution in [-0.4, -0.2) is 48.2 Å². The quantitative estimate of drug-likeness (QED) is 0.296. The molecule has 0 atom stereocenters. The van der Waals surface area contributed by atoms with Gasteiger partial charge in [0.25, 0.3) is 0 Å². The average Bonchev–Trinajstić information content (AvgIpc) is 3.15. The molecule has 5 rings (SSSR count). The molecule has 0 fully saturated rings. The van der Waals surface area contributed by atoms with Gasteiger partial charge in [-0.05, 0) is 98.7 Å². The number of phenols is 2. The van der Waals surface area contributed by atoms with E-state index in [4.69, 9.17) is 0 Å². The van der Waals surface area contributed by atoms with E-state index in [1.807, 2.05) is 42.0 Å². The molecular formula is C33H36N2O2. The van der Waals surface area contributed by atoms with E-state index in [-0.39, 0.29) is 0 Å². The van der Waals surface area contributed by atoms with Crippen LogP contribution in [0.2, 0.25) is 0 Å². The van der Waals surface area contributed by atoms with Gasteiger partial charge in [0, 0.05) is 24.2 Å². The Kier molecular flexibility index (Phi) is 6.35. The van der Waals surface area contributed by atoms with Crippen molar-refractivity contribution < 1.29 is 10.2 Å². The molecule has 0 bridgehead atoms. The zero-order chi connectivity index (χ0) is 26.5. The fourth-order valence-electron chi connectivity index (χ4n) is 6.08. The molecule has 190 valence electrons. The summed E-state index contributed by atoms with van der Waals surface area (Å²) in [5.74, 6) is 0.699. The molecule has 0 amide bonds. The van der Waals surface area contributed by atoms with Crippen LogP contribution in [0.15, 0.2) is 72.8 Å². The molecule has 0 radical (unpaired) electrons. The maximum absolute atomic E-state index is 11.0. The zero-order valence-corrected chi connectivity index (χ0v) is 22.6. The molecule has 0 saturated carbocycles. The van der Waals surface area contributed by atoms with Crippen molar-refractivity contribution in [3.63, 3.8) is 0 Å². The Bertz CT molecular complexity index is 1370. The first-order valence-corrected chi connectivity index (χ1v) is 12.8. The summed E-state index contributed by atoms with van der Waals surface area (Å²) in [5, 5.41) is 22.0. The molecular weight excluding hydrogens is 456 g/mol. The lowest BCUT2D eigenvalue weighted by atomic mass is 9.66. The molecule has 1 aliphatic carbocycles. The summed E-state index contributed by atoms with van der Waals surface area (Å²) in [5.41, 5.74) is 10.1. The number of rotatable bonds is 6. The number of phenolic OH excluding ortho intramolecular Hbond substituents is 2. The third-order valence-electron chi connectivity index (χ3n) is 7.55. The average molecular weight is 493 g/mol. The highest BCUT2D eigenvalue weighted by molar-refractivity contribution is 5.86. The Balaban J connectivity index is 1.93. The highest BCUT2D eigenvalue weighted by Gasteiger charge is 2.46. The van der Waals surface area contributed by atoms with Gasteiger partial charge in [-0.25, -0.2) is 0 Å². The van der Waals surface area contributed by atoms with Gasteiger partial charge in [0.2, 0.25) is 0 Å². The Morgan fingerprint density at radius 3 is 1.35 bits per heavy atom. The lowest BCUT2D eigenvalue weighted by Gasteiger charge is -2.35. The monoisotopic (exact) mass is 492 g/mol. The first-order valence-electron chi connectivity index (χ1n) is 12.8. The number of nitrogens with zero attached hydrogens (tertiary/aromatic N) is 2. The van der Waals surface area contributed by atoms with Crippen LogP contribution in [0.25, 0.3) is 11.1 Å². The van der Waals surface area contributed by atoms with E-state index in [0.29, 0.717) is 24.6 Å². The normalized spacial score (nSPS) is 13.7. The first kappa shape index (κ1) is 25.1. The number of aryl methyl sites for hydroxylation is 2. The van der Waals surface area contributed by atoms with E-state index in [1.165, 1.54) is 22.3 Å². The van der Waals surface area contributed by atoms with Crippen LogP contribution < -0.4 is 0 Å². The lowest BCUT2D eigenvalue weighted by Crippen LogP contribution is -2.29. The number of hydrogen-bond acceptors (Lipinski definition) is 4. The second kappa shape index (κ2) is 9.37. The van der Waals surface area contributed by atoms with Crippen molar-refractivity contribution in [2.45, 2.75) is 32.4 Å². The van der Waals surface area contributed by atoms with Crippen LogP contribution in [0, 0.1) is 13.8 Å². The highest BCUT2D eigenvalue weighted by atomic mass is 16.3. The summed E-state index contributed by atoms with van der Waals surface area (Å²) in [6.45, 7) is 5.25. The third-order valence-corrected chi connectivity index (χ3v) is 7.55. The molecule has 0 unspecified atom stereocenters. The smallest absolute Gasteiger partial charge is 0.122 e. The molecule has 4 aromatic rings. The van der Waals surface area contributed by atoms with Crippen molar-refractivity contribution in [1.29, 1.82) is 0 Å². The maximum atomic E-state index is 11.0. The molecule has 1 aliphatic rings. The van der Waals surface area contributed by atoms with E-state index in [0.717, 1.165) is 33.4 Å². The number of aromatic hydroxyl groups is 2. The van der Waals surface area contributed by atoms with E-state index in [1.54, 1.807) is 0 Å². The SMILES string of the molecule is Cc1cc(C2(c3cc(C)c(O)c(CN(C)C)c3)c3ccccc3-c3ccccc32)cc(CN(C)C)c1O. The van der Waals surface area contributed by atoms with Gasteiger partial charge in [-0.2, -0.15) is 0 Å².